The van der Waals surface area contributed by atoms with E-state index in [9.17, 15) is 14.7 Å². The number of morpholine rings is 1. The minimum absolute atomic E-state index is 0.124. The summed E-state index contributed by atoms with van der Waals surface area (Å²) in [4.78, 5) is 30.1. The number of carbonyl (C=O) groups excluding carboxylic acids is 2. The van der Waals surface area contributed by atoms with Crippen molar-refractivity contribution in [3.63, 3.8) is 0 Å². The van der Waals surface area contributed by atoms with Crippen LogP contribution in [-0.2, 0) is 14.3 Å². The molecule has 0 bridgehead atoms. The first-order valence-corrected chi connectivity index (χ1v) is 11.2. The molecule has 33 heavy (non-hydrogen) atoms. The highest BCUT2D eigenvalue weighted by atomic mass is 16.5. The number of Topliss-reactive ketones (excluding diaryl/α,β-unsaturated/α-hetero) is 1. The third kappa shape index (κ3) is 4.65. The van der Waals surface area contributed by atoms with Crippen molar-refractivity contribution in [1.82, 2.24) is 9.80 Å². The number of carbonyl (C=O) groups is 2. The van der Waals surface area contributed by atoms with Gasteiger partial charge in [-0.25, -0.2) is 0 Å². The Kier molecular flexibility index (Phi) is 6.81. The summed E-state index contributed by atoms with van der Waals surface area (Å²) >= 11 is 0. The number of nitrogens with zero attached hydrogens (tertiary/aromatic N) is 2. The number of aryl methyl sites for hydroxylation is 2. The van der Waals surface area contributed by atoms with E-state index in [1.165, 1.54) is 0 Å². The zero-order valence-corrected chi connectivity index (χ0v) is 19.3. The van der Waals surface area contributed by atoms with Gasteiger partial charge in [-0.3, -0.25) is 14.5 Å². The number of rotatable bonds is 6. The molecule has 2 aliphatic heterocycles. The largest absolute Gasteiger partial charge is 0.507 e. The number of aliphatic hydroxyl groups is 1. The van der Waals surface area contributed by atoms with Gasteiger partial charge in [0.15, 0.2) is 0 Å². The fourth-order valence-corrected chi connectivity index (χ4v) is 4.45. The Morgan fingerprint density at radius 1 is 1.06 bits per heavy atom. The van der Waals surface area contributed by atoms with Crippen molar-refractivity contribution >= 4 is 17.4 Å². The van der Waals surface area contributed by atoms with Gasteiger partial charge in [0.05, 0.1) is 31.9 Å². The summed E-state index contributed by atoms with van der Waals surface area (Å²) in [6.45, 7) is 7.77. The standard InChI is InChI=1S/C26H30N2O5/c1-17-4-6-19(7-5-17)23-22(24(29)21-9-8-20(32-3)16-18(21)2)25(30)26(31)28(23)11-10-27-12-14-33-15-13-27/h4-9,16,23,29H,10-15H2,1-3H3/b24-22+/t23-/m1/s1. The molecule has 0 radical (unpaired) electrons. The lowest BCUT2D eigenvalue weighted by Gasteiger charge is -2.31. The van der Waals surface area contributed by atoms with Gasteiger partial charge in [0.25, 0.3) is 11.7 Å². The van der Waals surface area contributed by atoms with E-state index in [0.29, 0.717) is 37.6 Å². The summed E-state index contributed by atoms with van der Waals surface area (Å²) < 4.78 is 10.7. The number of likely N-dealkylation sites (tertiary alicyclic amines) is 1. The first-order valence-electron chi connectivity index (χ1n) is 11.2. The highest BCUT2D eigenvalue weighted by Gasteiger charge is 2.46. The molecule has 2 aliphatic rings. The number of hydrogen-bond donors (Lipinski definition) is 1. The van der Waals surface area contributed by atoms with Crippen LogP contribution in [0.25, 0.3) is 5.76 Å². The number of aliphatic hydroxyl groups excluding tert-OH is 1. The minimum atomic E-state index is -0.657. The summed E-state index contributed by atoms with van der Waals surface area (Å²) in [5.74, 6) is -0.741. The van der Waals surface area contributed by atoms with Crippen LogP contribution in [0.5, 0.6) is 5.75 Å². The van der Waals surface area contributed by atoms with Gasteiger partial charge in [-0.15, -0.1) is 0 Å². The molecule has 174 valence electrons. The van der Waals surface area contributed by atoms with E-state index in [1.54, 1.807) is 30.2 Å². The van der Waals surface area contributed by atoms with Crippen LogP contribution in [0.3, 0.4) is 0 Å². The molecular formula is C26H30N2O5. The summed E-state index contributed by atoms with van der Waals surface area (Å²) in [5.41, 5.74) is 3.27. The second kappa shape index (κ2) is 9.77. The second-order valence-corrected chi connectivity index (χ2v) is 8.54. The Morgan fingerprint density at radius 3 is 2.39 bits per heavy atom. The summed E-state index contributed by atoms with van der Waals surface area (Å²) in [5, 5.41) is 11.3. The third-order valence-electron chi connectivity index (χ3n) is 6.38. The first kappa shape index (κ1) is 23.0. The van der Waals surface area contributed by atoms with Crippen LogP contribution in [0.4, 0.5) is 0 Å². The molecule has 4 rings (SSSR count). The number of hydrogen-bond acceptors (Lipinski definition) is 6. The predicted molar refractivity (Wildman–Crippen MR) is 125 cm³/mol. The Labute approximate surface area is 194 Å². The molecule has 7 heteroatoms. The van der Waals surface area contributed by atoms with Crippen molar-refractivity contribution in [1.29, 1.82) is 0 Å². The second-order valence-electron chi connectivity index (χ2n) is 8.54. The molecule has 0 spiro atoms. The number of amides is 1. The van der Waals surface area contributed by atoms with Gasteiger partial charge >= 0.3 is 0 Å². The predicted octanol–water partition coefficient (Wildman–Crippen LogP) is 3.07. The van der Waals surface area contributed by atoms with E-state index in [1.807, 2.05) is 38.1 Å². The van der Waals surface area contributed by atoms with Crippen LogP contribution in [-0.4, -0.2) is 73.1 Å². The highest BCUT2D eigenvalue weighted by Crippen LogP contribution is 2.40. The maximum Gasteiger partial charge on any atom is 0.295 e. The molecule has 2 aromatic carbocycles. The van der Waals surface area contributed by atoms with Crippen molar-refractivity contribution in [3.05, 3.63) is 70.3 Å². The van der Waals surface area contributed by atoms with E-state index in [2.05, 4.69) is 4.90 Å². The summed E-state index contributed by atoms with van der Waals surface area (Å²) in [7, 11) is 1.58. The SMILES string of the molecule is COc1ccc(/C(O)=C2\C(=O)C(=O)N(CCN3CCOCC3)[C@@H]2c2ccc(C)cc2)c(C)c1. The van der Waals surface area contributed by atoms with Crippen molar-refractivity contribution in [2.45, 2.75) is 19.9 Å². The molecule has 1 amide bonds. The van der Waals surface area contributed by atoms with Crippen LogP contribution < -0.4 is 4.74 Å². The number of ether oxygens (including phenoxy) is 2. The van der Waals surface area contributed by atoms with E-state index in [4.69, 9.17) is 9.47 Å². The lowest BCUT2D eigenvalue weighted by molar-refractivity contribution is -0.140. The normalized spacial score (nSPS) is 20.9. The average Bonchev–Trinajstić information content (AvgIpc) is 3.08. The molecule has 1 atom stereocenters. The zero-order chi connectivity index (χ0) is 23.5. The van der Waals surface area contributed by atoms with Gasteiger partial charge in [0, 0.05) is 31.7 Å². The van der Waals surface area contributed by atoms with Gasteiger partial charge in [-0.05, 0) is 43.2 Å². The van der Waals surface area contributed by atoms with E-state index in [-0.39, 0.29) is 11.3 Å². The quantitative estimate of drug-likeness (QED) is 0.414. The van der Waals surface area contributed by atoms with Gasteiger partial charge < -0.3 is 19.5 Å². The van der Waals surface area contributed by atoms with Crippen LogP contribution >= 0.6 is 0 Å². The smallest absolute Gasteiger partial charge is 0.295 e. The van der Waals surface area contributed by atoms with E-state index < -0.39 is 17.7 Å². The number of ketones is 1. The third-order valence-corrected chi connectivity index (χ3v) is 6.38. The number of benzene rings is 2. The van der Waals surface area contributed by atoms with E-state index >= 15 is 0 Å². The Hall–Kier alpha value is -3.16. The van der Waals surface area contributed by atoms with Crippen molar-refractivity contribution in [2.24, 2.45) is 0 Å². The monoisotopic (exact) mass is 450 g/mol. The Morgan fingerprint density at radius 2 is 1.76 bits per heavy atom. The van der Waals surface area contributed by atoms with Crippen molar-refractivity contribution in [3.8, 4) is 5.75 Å². The van der Waals surface area contributed by atoms with E-state index in [0.717, 1.165) is 29.8 Å². The molecule has 2 heterocycles. The first-order chi connectivity index (χ1) is 15.9. The molecule has 2 fully saturated rings. The fourth-order valence-electron chi connectivity index (χ4n) is 4.45. The lowest BCUT2D eigenvalue weighted by atomic mass is 9.93. The van der Waals surface area contributed by atoms with Crippen LogP contribution in [0.1, 0.15) is 28.3 Å². The molecule has 0 saturated carbocycles. The molecule has 2 saturated heterocycles. The average molecular weight is 451 g/mol. The summed E-state index contributed by atoms with van der Waals surface area (Å²) in [6.07, 6.45) is 0. The molecule has 0 unspecified atom stereocenters. The molecular weight excluding hydrogens is 420 g/mol. The van der Waals surface area contributed by atoms with Crippen LogP contribution in [0.15, 0.2) is 48.0 Å². The van der Waals surface area contributed by atoms with Crippen LogP contribution in [0.2, 0.25) is 0 Å². The van der Waals surface area contributed by atoms with Gasteiger partial charge in [0.2, 0.25) is 0 Å². The molecule has 2 aromatic rings. The molecule has 7 nitrogen and oxygen atoms in total. The Bertz CT molecular complexity index is 1070. The number of methoxy groups -OCH3 is 1. The molecule has 0 aromatic heterocycles. The van der Waals surface area contributed by atoms with Crippen LogP contribution in [0, 0.1) is 13.8 Å². The lowest BCUT2D eigenvalue weighted by Crippen LogP contribution is -2.42. The van der Waals surface area contributed by atoms with Gasteiger partial charge in [-0.1, -0.05) is 29.8 Å². The maximum atomic E-state index is 13.2. The topological polar surface area (TPSA) is 79.3 Å². The van der Waals surface area contributed by atoms with Crippen molar-refractivity contribution in [2.75, 3.05) is 46.5 Å². The molecule has 1 N–H and O–H groups in total. The fraction of sp³-hybridized carbons (Fsp3) is 0.385. The van der Waals surface area contributed by atoms with Gasteiger partial charge in [0.1, 0.15) is 11.5 Å². The highest BCUT2D eigenvalue weighted by molar-refractivity contribution is 6.46. The summed E-state index contributed by atoms with van der Waals surface area (Å²) in [6, 6.07) is 12.3. The zero-order valence-electron chi connectivity index (χ0n) is 19.3. The van der Waals surface area contributed by atoms with Crippen molar-refractivity contribution < 1.29 is 24.2 Å². The minimum Gasteiger partial charge on any atom is -0.507 e. The van der Waals surface area contributed by atoms with Gasteiger partial charge in [-0.2, -0.15) is 0 Å². The molecule has 0 aliphatic carbocycles. The maximum absolute atomic E-state index is 13.2. The Balaban J connectivity index is 1.75.